The number of nitrogens with zero attached hydrogens (tertiary/aromatic N) is 3. The molecule has 4 heterocycles. The fraction of sp³-hybridized carbons (Fsp3) is 0.636. The number of carbonyl (C=O) groups excluding carboxylic acids is 1. The molecule has 1 aromatic heterocycles. The van der Waals surface area contributed by atoms with Gasteiger partial charge in [-0.05, 0) is 51.8 Å². The molecule has 2 unspecified atom stereocenters. The normalized spacial score (nSPS) is 22.0. The number of halogens is 1. The van der Waals surface area contributed by atoms with E-state index in [4.69, 9.17) is 0 Å². The molecule has 3 aliphatic rings. The number of benzene rings is 1. The van der Waals surface area contributed by atoms with E-state index in [0.29, 0.717) is 18.6 Å². The molecule has 3 saturated heterocycles. The van der Waals surface area contributed by atoms with Crippen LogP contribution in [0.15, 0.2) is 12.1 Å². The van der Waals surface area contributed by atoms with E-state index in [1.165, 1.54) is 12.1 Å². The average Bonchev–Trinajstić information content (AvgIpc) is 3.02. The lowest BCUT2D eigenvalue weighted by Gasteiger charge is -2.56. The minimum Gasteiger partial charge on any atom is -0.350 e. The second-order valence-electron chi connectivity index (χ2n) is 9.01. The van der Waals surface area contributed by atoms with Gasteiger partial charge in [-0.2, -0.15) is 0 Å². The van der Waals surface area contributed by atoms with Gasteiger partial charge in [-0.3, -0.25) is 14.6 Å². The molecule has 0 radical (unpaired) electrons. The van der Waals surface area contributed by atoms with E-state index in [2.05, 4.69) is 25.1 Å². The van der Waals surface area contributed by atoms with Crippen molar-refractivity contribution in [2.24, 2.45) is 0 Å². The number of fused-ring (bicyclic) bond motifs is 3. The van der Waals surface area contributed by atoms with E-state index in [-0.39, 0.29) is 17.3 Å². The quantitative estimate of drug-likeness (QED) is 0.823. The number of piperidine rings is 1. The summed E-state index contributed by atoms with van der Waals surface area (Å²) in [6.07, 6.45) is 1.16. The highest BCUT2D eigenvalue weighted by atomic mass is 19.1. The van der Waals surface area contributed by atoms with Gasteiger partial charge in [-0.1, -0.05) is 13.8 Å². The maximum absolute atomic E-state index is 13.6. The summed E-state index contributed by atoms with van der Waals surface area (Å²) in [5, 5.41) is 3.04. The predicted molar refractivity (Wildman–Crippen MR) is 114 cm³/mol. The van der Waals surface area contributed by atoms with E-state index in [9.17, 15) is 9.18 Å². The highest BCUT2D eigenvalue weighted by Gasteiger charge is 2.45. The van der Waals surface area contributed by atoms with Crippen LogP contribution in [0.5, 0.6) is 0 Å². The molecule has 1 amide bonds. The number of aryl methyl sites for hydroxylation is 1. The lowest BCUT2D eigenvalue weighted by atomic mass is 9.87. The molecule has 160 valence electrons. The molecule has 29 heavy (non-hydrogen) atoms. The van der Waals surface area contributed by atoms with Crippen LogP contribution in [-0.2, 0) is 11.3 Å². The molecule has 0 spiro atoms. The number of amides is 1. The van der Waals surface area contributed by atoms with Crippen molar-refractivity contribution >= 4 is 16.9 Å². The molecule has 1 aromatic carbocycles. The molecule has 0 aliphatic carbocycles. The van der Waals surface area contributed by atoms with E-state index < -0.39 is 0 Å². The van der Waals surface area contributed by atoms with E-state index >= 15 is 0 Å². The molecule has 0 saturated carbocycles. The summed E-state index contributed by atoms with van der Waals surface area (Å²) < 4.78 is 13.6. The van der Waals surface area contributed by atoms with Crippen LogP contribution in [-0.4, -0.2) is 62.9 Å². The molecular formula is C22H34FN5O. The Hall–Kier alpha value is -1.99. The molecule has 3 aliphatic heterocycles. The highest BCUT2D eigenvalue weighted by molar-refractivity contribution is 5.79. The number of piperazine rings is 1. The zero-order valence-corrected chi connectivity index (χ0v) is 18.5. The van der Waals surface area contributed by atoms with Gasteiger partial charge in [-0.15, -0.1) is 0 Å². The number of H-pyrrole nitrogens is 1. The summed E-state index contributed by atoms with van der Waals surface area (Å²) in [7, 11) is 0. The van der Waals surface area contributed by atoms with Crippen molar-refractivity contribution in [3.63, 3.8) is 0 Å². The second-order valence-corrected chi connectivity index (χ2v) is 9.01. The average molecular weight is 404 g/mol. The number of hydrogen-bond donors (Lipinski definition) is 2. The van der Waals surface area contributed by atoms with Gasteiger partial charge in [0.2, 0.25) is 5.91 Å². The van der Waals surface area contributed by atoms with Crippen molar-refractivity contribution in [3.05, 3.63) is 29.3 Å². The predicted octanol–water partition coefficient (Wildman–Crippen LogP) is 3.21. The smallest absolute Gasteiger partial charge is 0.234 e. The third-order valence-corrected chi connectivity index (χ3v) is 5.43. The van der Waals surface area contributed by atoms with E-state index in [0.717, 1.165) is 48.5 Å². The summed E-state index contributed by atoms with van der Waals surface area (Å²) in [4.78, 5) is 24.8. The van der Waals surface area contributed by atoms with Crippen molar-refractivity contribution < 1.29 is 9.18 Å². The van der Waals surface area contributed by atoms with Gasteiger partial charge < -0.3 is 10.3 Å². The standard InChI is InChI=1S/C20H28FN5O.C2H6/c1-12-5-13(21)6-16-19(12)23-17(22-16)10-25-8-14-7-15(9-25)26(14)11-18(27)24-20(2,3)4;1-2/h5-6,14-15H,7-11H2,1-4H3,(H,22,23)(H,24,27);1-2H3. The molecule has 2 N–H and O–H groups in total. The van der Waals surface area contributed by atoms with Gasteiger partial charge in [0, 0.05) is 30.7 Å². The fourth-order valence-electron chi connectivity index (χ4n) is 4.37. The SMILES string of the molecule is CC.Cc1cc(F)cc2[nH]c(CN3CC4CC(C3)N4CC(=O)NC(C)(C)C)nc12. The number of rotatable bonds is 4. The van der Waals surface area contributed by atoms with Crippen LogP contribution in [0.25, 0.3) is 11.0 Å². The Kier molecular flexibility index (Phi) is 6.29. The van der Waals surface area contributed by atoms with Crippen molar-refractivity contribution in [1.82, 2.24) is 25.1 Å². The molecule has 2 bridgehead atoms. The number of carbonyl (C=O) groups is 1. The first-order chi connectivity index (χ1) is 13.7. The van der Waals surface area contributed by atoms with E-state index in [1.807, 2.05) is 41.5 Å². The van der Waals surface area contributed by atoms with Gasteiger partial charge in [0.1, 0.15) is 11.6 Å². The minimum atomic E-state index is -0.237. The van der Waals surface area contributed by atoms with Gasteiger partial charge in [0.05, 0.1) is 24.1 Å². The van der Waals surface area contributed by atoms with E-state index in [1.54, 1.807) is 0 Å². The Morgan fingerprint density at radius 2 is 1.93 bits per heavy atom. The van der Waals surface area contributed by atoms with Crippen LogP contribution < -0.4 is 5.32 Å². The summed E-state index contributed by atoms with van der Waals surface area (Å²) in [6, 6.07) is 3.88. The molecule has 2 aromatic rings. The molecule has 2 atom stereocenters. The van der Waals surface area contributed by atoms with Crippen molar-refractivity contribution in [3.8, 4) is 0 Å². The number of aromatic amines is 1. The number of hydrogen-bond acceptors (Lipinski definition) is 4. The van der Waals surface area contributed by atoms with Crippen molar-refractivity contribution in [2.75, 3.05) is 19.6 Å². The maximum Gasteiger partial charge on any atom is 0.234 e. The number of nitrogens with one attached hydrogen (secondary N) is 2. The first-order valence-corrected chi connectivity index (χ1v) is 10.6. The molecule has 3 fully saturated rings. The molecule has 7 heteroatoms. The third-order valence-electron chi connectivity index (χ3n) is 5.43. The fourth-order valence-corrected chi connectivity index (χ4v) is 4.37. The van der Waals surface area contributed by atoms with Crippen molar-refractivity contribution in [2.45, 2.75) is 72.1 Å². The van der Waals surface area contributed by atoms with Crippen LogP contribution in [0.1, 0.15) is 52.4 Å². The summed E-state index contributed by atoms with van der Waals surface area (Å²) in [5.41, 5.74) is 2.26. The van der Waals surface area contributed by atoms with Crippen LogP contribution in [0.4, 0.5) is 4.39 Å². The maximum atomic E-state index is 13.6. The minimum absolute atomic E-state index is 0.0976. The monoisotopic (exact) mass is 403 g/mol. The third kappa shape index (κ3) is 4.95. The van der Waals surface area contributed by atoms with Crippen LogP contribution >= 0.6 is 0 Å². The largest absolute Gasteiger partial charge is 0.350 e. The molecule has 5 rings (SSSR count). The van der Waals surface area contributed by atoms with Gasteiger partial charge in [0.25, 0.3) is 0 Å². The summed E-state index contributed by atoms with van der Waals surface area (Å²) in [5.74, 6) is 0.732. The Labute approximate surface area is 172 Å². The van der Waals surface area contributed by atoms with Gasteiger partial charge in [-0.25, -0.2) is 9.37 Å². The lowest BCUT2D eigenvalue weighted by molar-refractivity contribution is -0.132. The number of aromatic nitrogens is 2. The van der Waals surface area contributed by atoms with Crippen LogP contribution in [0.3, 0.4) is 0 Å². The lowest BCUT2D eigenvalue weighted by Crippen LogP contribution is -2.69. The number of imidazole rings is 1. The van der Waals surface area contributed by atoms with Gasteiger partial charge in [0.15, 0.2) is 0 Å². The topological polar surface area (TPSA) is 64.3 Å². The Morgan fingerprint density at radius 1 is 1.28 bits per heavy atom. The highest BCUT2D eigenvalue weighted by Crippen LogP contribution is 2.32. The first-order valence-electron chi connectivity index (χ1n) is 10.6. The summed E-state index contributed by atoms with van der Waals surface area (Å²) in [6.45, 7) is 15.0. The summed E-state index contributed by atoms with van der Waals surface area (Å²) >= 11 is 0. The zero-order chi connectivity index (χ0) is 21.3. The van der Waals surface area contributed by atoms with Crippen molar-refractivity contribution in [1.29, 1.82) is 0 Å². The Bertz CT molecular complexity index is 860. The second kappa shape index (κ2) is 8.40. The Balaban J connectivity index is 0.00000117. The molecule has 6 nitrogen and oxygen atoms in total. The van der Waals surface area contributed by atoms with Crippen LogP contribution in [0.2, 0.25) is 0 Å². The zero-order valence-electron chi connectivity index (χ0n) is 18.5. The molecular weight excluding hydrogens is 369 g/mol. The Morgan fingerprint density at radius 3 is 2.55 bits per heavy atom. The first kappa shape index (κ1) is 21.7. The van der Waals surface area contributed by atoms with Crippen LogP contribution in [0, 0.1) is 12.7 Å². The van der Waals surface area contributed by atoms with Gasteiger partial charge >= 0.3 is 0 Å².